The van der Waals surface area contributed by atoms with Gasteiger partial charge in [-0.3, -0.25) is 14.9 Å². The number of benzene rings is 2. The monoisotopic (exact) mass is 324 g/mol. The molecule has 0 saturated heterocycles. The number of carbonyl (C=O) groups is 1. The van der Waals surface area contributed by atoms with Crippen LogP contribution < -0.4 is 10.1 Å². The summed E-state index contributed by atoms with van der Waals surface area (Å²) in [5.74, 6) is 0.182. The van der Waals surface area contributed by atoms with Gasteiger partial charge in [-0.05, 0) is 30.3 Å². The van der Waals surface area contributed by atoms with Crippen LogP contribution in [-0.2, 0) is 0 Å². The van der Waals surface area contributed by atoms with Crippen LogP contribution in [0.5, 0.6) is 5.75 Å². The predicted octanol–water partition coefficient (Wildman–Crippen LogP) is 2.80. The van der Waals surface area contributed by atoms with Crippen molar-refractivity contribution in [1.82, 2.24) is 9.97 Å². The van der Waals surface area contributed by atoms with Crippen molar-refractivity contribution in [1.29, 1.82) is 0 Å². The lowest BCUT2D eigenvalue weighted by molar-refractivity contribution is -0.384. The Kier molecular flexibility index (Phi) is 4.02. The molecule has 0 spiro atoms. The third-order valence-corrected chi connectivity index (χ3v) is 3.33. The first-order valence-electron chi connectivity index (χ1n) is 6.93. The standard InChI is InChI=1S/C16H12N4O4/c1-24-13-6-7-14-10(8-13)9-17-15(19-14)16(21)18-11-2-4-12(5-3-11)20(22)23/h2-9H,1H3,(H,18,21). The Labute approximate surface area is 136 Å². The normalized spacial score (nSPS) is 10.4. The molecule has 0 atom stereocenters. The van der Waals surface area contributed by atoms with Gasteiger partial charge in [0.1, 0.15) is 5.75 Å². The lowest BCUT2D eigenvalue weighted by Crippen LogP contribution is -2.15. The van der Waals surface area contributed by atoms with E-state index in [0.717, 1.165) is 5.39 Å². The molecule has 1 N–H and O–H groups in total. The second-order valence-corrected chi connectivity index (χ2v) is 4.88. The lowest BCUT2D eigenvalue weighted by Gasteiger charge is -2.05. The number of nitro groups is 1. The summed E-state index contributed by atoms with van der Waals surface area (Å²) in [6.45, 7) is 0. The van der Waals surface area contributed by atoms with Crippen molar-refractivity contribution in [2.24, 2.45) is 0 Å². The molecule has 0 aliphatic rings. The Bertz CT molecular complexity index is 925. The highest BCUT2D eigenvalue weighted by Gasteiger charge is 2.12. The molecule has 0 bridgehead atoms. The van der Waals surface area contributed by atoms with Crippen LogP contribution in [0.25, 0.3) is 10.9 Å². The van der Waals surface area contributed by atoms with E-state index >= 15 is 0 Å². The molecule has 0 fully saturated rings. The number of carbonyl (C=O) groups excluding carboxylic acids is 1. The number of hydrogen-bond donors (Lipinski definition) is 1. The molecule has 1 heterocycles. The molecule has 0 aliphatic heterocycles. The maximum absolute atomic E-state index is 12.2. The molecule has 8 nitrogen and oxygen atoms in total. The van der Waals surface area contributed by atoms with Crippen LogP contribution in [0.3, 0.4) is 0 Å². The number of anilines is 1. The van der Waals surface area contributed by atoms with Crippen LogP contribution in [0.2, 0.25) is 0 Å². The van der Waals surface area contributed by atoms with Gasteiger partial charge in [-0.1, -0.05) is 0 Å². The molecule has 0 aliphatic carbocycles. The Hall–Kier alpha value is -3.55. The second-order valence-electron chi connectivity index (χ2n) is 4.88. The lowest BCUT2D eigenvalue weighted by atomic mass is 10.2. The number of nitro benzene ring substituents is 1. The molecule has 3 rings (SSSR count). The van der Waals surface area contributed by atoms with Gasteiger partial charge in [0.2, 0.25) is 5.82 Å². The Morgan fingerprint density at radius 2 is 1.96 bits per heavy atom. The number of non-ortho nitro benzene ring substituents is 1. The second kappa shape index (κ2) is 6.29. The molecule has 0 radical (unpaired) electrons. The molecular weight excluding hydrogens is 312 g/mol. The minimum atomic E-state index is -0.508. The van der Waals surface area contributed by atoms with E-state index in [4.69, 9.17) is 4.74 Å². The third-order valence-electron chi connectivity index (χ3n) is 3.33. The molecule has 2 aromatic carbocycles. The van der Waals surface area contributed by atoms with Gasteiger partial charge in [0.15, 0.2) is 0 Å². The van der Waals surface area contributed by atoms with E-state index in [1.165, 1.54) is 30.5 Å². The summed E-state index contributed by atoms with van der Waals surface area (Å²) in [5.41, 5.74) is 0.979. The molecular formula is C16H12N4O4. The van der Waals surface area contributed by atoms with Crippen LogP contribution in [0.4, 0.5) is 11.4 Å². The highest BCUT2D eigenvalue weighted by molar-refractivity contribution is 6.02. The summed E-state index contributed by atoms with van der Waals surface area (Å²) in [4.78, 5) is 30.6. The number of ether oxygens (including phenoxy) is 1. The zero-order chi connectivity index (χ0) is 17.1. The zero-order valence-electron chi connectivity index (χ0n) is 12.6. The summed E-state index contributed by atoms with van der Waals surface area (Å²) in [5, 5.41) is 14.0. The topological polar surface area (TPSA) is 107 Å². The summed E-state index contributed by atoms with van der Waals surface area (Å²) in [7, 11) is 1.56. The van der Waals surface area contributed by atoms with Gasteiger partial charge in [-0.25, -0.2) is 9.97 Å². The number of rotatable bonds is 4. The van der Waals surface area contributed by atoms with Crippen LogP contribution in [0, 0.1) is 10.1 Å². The molecule has 8 heteroatoms. The molecule has 3 aromatic rings. The van der Waals surface area contributed by atoms with E-state index in [1.54, 1.807) is 25.3 Å². The van der Waals surface area contributed by atoms with E-state index in [-0.39, 0.29) is 11.5 Å². The Morgan fingerprint density at radius 3 is 2.62 bits per heavy atom. The van der Waals surface area contributed by atoms with Gasteiger partial charge in [-0.15, -0.1) is 0 Å². The minimum Gasteiger partial charge on any atom is -0.497 e. The minimum absolute atomic E-state index is 0.00557. The fraction of sp³-hybridized carbons (Fsp3) is 0.0625. The first-order chi connectivity index (χ1) is 11.6. The largest absolute Gasteiger partial charge is 0.497 e. The quantitative estimate of drug-likeness (QED) is 0.584. The zero-order valence-corrected chi connectivity index (χ0v) is 12.6. The summed E-state index contributed by atoms with van der Waals surface area (Å²) < 4.78 is 5.12. The van der Waals surface area contributed by atoms with Crippen molar-refractivity contribution < 1.29 is 14.5 Å². The average molecular weight is 324 g/mol. The molecule has 120 valence electrons. The van der Waals surface area contributed by atoms with Crippen molar-refractivity contribution in [2.75, 3.05) is 12.4 Å². The van der Waals surface area contributed by atoms with E-state index in [9.17, 15) is 14.9 Å². The van der Waals surface area contributed by atoms with Crippen molar-refractivity contribution in [3.8, 4) is 5.75 Å². The van der Waals surface area contributed by atoms with E-state index in [2.05, 4.69) is 15.3 Å². The first-order valence-corrected chi connectivity index (χ1v) is 6.93. The van der Waals surface area contributed by atoms with Crippen molar-refractivity contribution in [2.45, 2.75) is 0 Å². The maximum atomic E-state index is 12.2. The highest BCUT2D eigenvalue weighted by atomic mass is 16.6. The Morgan fingerprint density at radius 1 is 1.21 bits per heavy atom. The number of methoxy groups -OCH3 is 1. The smallest absolute Gasteiger partial charge is 0.293 e. The van der Waals surface area contributed by atoms with Gasteiger partial charge >= 0.3 is 0 Å². The van der Waals surface area contributed by atoms with Crippen molar-refractivity contribution in [3.63, 3.8) is 0 Å². The van der Waals surface area contributed by atoms with Gasteiger partial charge in [0.25, 0.3) is 11.6 Å². The van der Waals surface area contributed by atoms with Crippen LogP contribution in [0.1, 0.15) is 10.6 Å². The molecule has 24 heavy (non-hydrogen) atoms. The van der Waals surface area contributed by atoms with Crippen LogP contribution >= 0.6 is 0 Å². The number of hydrogen-bond acceptors (Lipinski definition) is 6. The van der Waals surface area contributed by atoms with Crippen LogP contribution in [-0.4, -0.2) is 27.9 Å². The summed E-state index contributed by atoms with van der Waals surface area (Å²) in [6, 6.07) is 10.8. The number of aromatic nitrogens is 2. The first kappa shape index (κ1) is 15.3. The number of amides is 1. The van der Waals surface area contributed by atoms with E-state index in [0.29, 0.717) is 17.0 Å². The van der Waals surface area contributed by atoms with E-state index < -0.39 is 10.8 Å². The maximum Gasteiger partial charge on any atom is 0.293 e. The van der Waals surface area contributed by atoms with Crippen molar-refractivity contribution >= 4 is 28.2 Å². The van der Waals surface area contributed by atoms with Crippen LogP contribution in [0.15, 0.2) is 48.7 Å². The highest BCUT2D eigenvalue weighted by Crippen LogP contribution is 2.19. The number of fused-ring (bicyclic) bond motifs is 1. The van der Waals surface area contributed by atoms with E-state index in [1.807, 2.05) is 0 Å². The van der Waals surface area contributed by atoms with Gasteiger partial charge in [-0.2, -0.15) is 0 Å². The number of nitrogens with one attached hydrogen (secondary N) is 1. The van der Waals surface area contributed by atoms with Gasteiger partial charge in [0.05, 0.1) is 17.5 Å². The molecule has 0 saturated carbocycles. The predicted molar refractivity (Wildman–Crippen MR) is 87.1 cm³/mol. The average Bonchev–Trinajstić information content (AvgIpc) is 2.61. The number of nitrogens with zero attached hydrogens (tertiary/aromatic N) is 3. The molecule has 0 unspecified atom stereocenters. The third kappa shape index (κ3) is 3.12. The fourth-order valence-corrected chi connectivity index (χ4v) is 2.10. The SMILES string of the molecule is COc1ccc2nc(C(=O)Nc3ccc([N+](=O)[O-])cc3)ncc2c1. The molecule has 1 aromatic heterocycles. The Balaban J connectivity index is 1.81. The molecule has 1 amide bonds. The summed E-state index contributed by atoms with van der Waals surface area (Å²) in [6.07, 6.45) is 1.54. The van der Waals surface area contributed by atoms with Gasteiger partial charge in [0, 0.05) is 29.4 Å². The van der Waals surface area contributed by atoms with Crippen molar-refractivity contribution in [3.05, 3.63) is 64.6 Å². The van der Waals surface area contributed by atoms with Gasteiger partial charge < -0.3 is 10.1 Å². The fourth-order valence-electron chi connectivity index (χ4n) is 2.10. The summed E-state index contributed by atoms with van der Waals surface area (Å²) >= 11 is 0.